The zero-order valence-electron chi connectivity index (χ0n) is 11.0. The summed E-state index contributed by atoms with van der Waals surface area (Å²) in [5, 5.41) is 12.0. The number of methoxy groups -OCH3 is 1. The Morgan fingerprint density at radius 1 is 1.25 bits per heavy atom. The van der Waals surface area contributed by atoms with Crippen LogP contribution in [-0.4, -0.2) is 34.7 Å². The molecule has 0 aliphatic rings. The Morgan fingerprint density at radius 3 is 2.60 bits per heavy atom. The minimum atomic E-state index is -1.09. The number of nitrogens with one attached hydrogen (secondary N) is 1. The minimum Gasteiger partial charge on any atom is -0.497 e. The molecule has 2 aromatic rings. The minimum absolute atomic E-state index is 0.0674. The molecule has 2 rings (SSSR count). The fourth-order valence-electron chi connectivity index (χ4n) is 1.74. The van der Waals surface area contributed by atoms with Crippen LogP contribution in [-0.2, 0) is 6.42 Å². The molecule has 6 heteroatoms. The van der Waals surface area contributed by atoms with E-state index in [1.807, 2.05) is 24.3 Å². The largest absolute Gasteiger partial charge is 0.497 e. The lowest BCUT2D eigenvalue weighted by Gasteiger charge is -2.08. The monoisotopic (exact) mass is 273 g/mol. The lowest BCUT2D eigenvalue weighted by Crippen LogP contribution is -2.12. The summed E-state index contributed by atoms with van der Waals surface area (Å²) in [6.07, 6.45) is 3.57. The molecule has 0 aliphatic carbocycles. The third-order valence-corrected chi connectivity index (χ3v) is 2.77. The molecular formula is C14H15N3O3. The summed E-state index contributed by atoms with van der Waals surface area (Å²) in [4.78, 5) is 18.7. The number of carboxylic acid groups (broad SMARTS) is 1. The first-order chi connectivity index (χ1) is 9.70. The van der Waals surface area contributed by atoms with Crippen LogP contribution in [0.4, 0.5) is 5.82 Å². The Kier molecular flexibility index (Phi) is 4.49. The van der Waals surface area contributed by atoms with Gasteiger partial charge < -0.3 is 15.2 Å². The van der Waals surface area contributed by atoms with E-state index < -0.39 is 5.97 Å². The second-order valence-electron chi connectivity index (χ2n) is 4.08. The second kappa shape index (κ2) is 6.51. The summed E-state index contributed by atoms with van der Waals surface area (Å²) in [5.41, 5.74) is 1.06. The predicted octanol–water partition coefficient (Wildman–Crippen LogP) is 1.84. The number of anilines is 1. The van der Waals surface area contributed by atoms with Crippen molar-refractivity contribution in [2.24, 2.45) is 0 Å². The molecule has 0 spiro atoms. The molecule has 0 amide bonds. The van der Waals surface area contributed by atoms with Crippen molar-refractivity contribution in [3.63, 3.8) is 0 Å². The molecule has 1 aromatic carbocycles. The number of hydrogen-bond donors (Lipinski definition) is 2. The Morgan fingerprint density at radius 2 is 1.95 bits per heavy atom. The highest BCUT2D eigenvalue weighted by Crippen LogP contribution is 2.12. The third-order valence-electron chi connectivity index (χ3n) is 2.77. The molecule has 1 heterocycles. The number of ether oxygens (including phenoxy) is 1. The van der Waals surface area contributed by atoms with Gasteiger partial charge in [-0.15, -0.1) is 0 Å². The highest BCUT2D eigenvalue weighted by molar-refractivity contribution is 5.90. The van der Waals surface area contributed by atoms with Gasteiger partial charge in [0, 0.05) is 18.9 Å². The summed E-state index contributed by atoms with van der Waals surface area (Å²) in [5.74, 6) is 0.00218. The van der Waals surface area contributed by atoms with Crippen molar-refractivity contribution in [3.05, 3.63) is 47.9 Å². The molecule has 0 aliphatic heterocycles. The van der Waals surface area contributed by atoms with Crippen molar-refractivity contribution in [3.8, 4) is 5.75 Å². The Labute approximate surface area is 116 Å². The van der Waals surface area contributed by atoms with Crippen molar-refractivity contribution in [1.82, 2.24) is 9.97 Å². The van der Waals surface area contributed by atoms with Gasteiger partial charge in [0.2, 0.25) is 0 Å². The zero-order valence-corrected chi connectivity index (χ0v) is 11.0. The van der Waals surface area contributed by atoms with E-state index in [-0.39, 0.29) is 11.5 Å². The van der Waals surface area contributed by atoms with Gasteiger partial charge >= 0.3 is 5.97 Å². The van der Waals surface area contributed by atoms with Crippen LogP contribution < -0.4 is 10.1 Å². The van der Waals surface area contributed by atoms with E-state index in [2.05, 4.69) is 15.3 Å². The SMILES string of the molecule is COc1ccc(CCNc2nccnc2C(=O)O)cc1. The maximum Gasteiger partial charge on any atom is 0.358 e. The van der Waals surface area contributed by atoms with Crippen molar-refractivity contribution >= 4 is 11.8 Å². The summed E-state index contributed by atoms with van der Waals surface area (Å²) in [7, 11) is 1.62. The lowest BCUT2D eigenvalue weighted by atomic mass is 10.1. The van der Waals surface area contributed by atoms with Crippen molar-refractivity contribution in [2.45, 2.75) is 6.42 Å². The molecule has 0 bridgehead atoms. The Bertz CT molecular complexity index is 584. The molecule has 0 fully saturated rings. The van der Waals surface area contributed by atoms with E-state index in [4.69, 9.17) is 9.84 Å². The number of rotatable bonds is 6. The summed E-state index contributed by atoms with van der Waals surface area (Å²) in [6, 6.07) is 7.71. The summed E-state index contributed by atoms with van der Waals surface area (Å²) in [6.45, 7) is 0.575. The summed E-state index contributed by atoms with van der Waals surface area (Å²) >= 11 is 0. The Hall–Kier alpha value is -2.63. The lowest BCUT2D eigenvalue weighted by molar-refractivity contribution is 0.0691. The van der Waals surface area contributed by atoms with Gasteiger partial charge in [-0.05, 0) is 24.1 Å². The maximum atomic E-state index is 11.0. The van der Waals surface area contributed by atoms with E-state index in [0.29, 0.717) is 6.54 Å². The average molecular weight is 273 g/mol. The van der Waals surface area contributed by atoms with E-state index >= 15 is 0 Å². The van der Waals surface area contributed by atoms with E-state index in [9.17, 15) is 4.79 Å². The third kappa shape index (κ3) is 3.44. The van der Waals surface area contributed by atoms with E-state index in [1.165, 1.54) is 12.4 Å². The molecular weight excluding hydrogens is 258 g/mol. The van der Waals surface area contributed by atoms with E-state index in [0.717, 1.165) is 17.7 Å². The quantitative estimate of drug-likeness (QED) is 0.835. The molecule has 0 unspecified atom stereocenters. The first-order valence-electron chi connectivity index (χ1n) is 6.12. The van der Waals surface area contributed by atoms with Crippen molar-refractivity contribution < 1.29 is 14.6 Å². The van der Waals surface area contributed by atoms with Gasteiger partial charge in [-0.2, -0.15) is 0 Å². The van der Waals surface area contributed by atoms with Crippen molar-refractivity contribution in [2.75, 3.05) is 19.0 Å². The molecule has 0 saturated heterocycles. The van der Waals surface area contributed by atoms with Crippen LogP contribution in [0.15, 0.2) is 36.7 Å². The topological polar surface area (TPSA) is 84.3 Å². The second-order valence-corrected chi connectivity index (χ2v) is 4.08. The van der Waals surface area contributed by atoms with Gasteiger partial charge in [0.1, 0.15) is 5.75 Å². The highest BCUT2D eigenvalue weighted by Gasteiger charge is 2.11. The van der Waals surface area contributed by atoms with Crippen LogP contribution in [0.3, 0.4) is 0 Å². The van der Waals surface area contributed by atoms with Crippen LogP contribution in [0.5, 0.6) is 5.75 Å². The molecule has 20 heavy (non-hydrogen) atoms. The van der Waals surface area contributed by atoms with Crippen LogP contribution in [0, 0.1) is 0 Å². The first-order valence-corrected chi connectivity index (χ1v) is 6.12. The van der Waals surface area contributed by atoms with Crippen LogP contribution in [0.25, 0.3) is 0 Å². The number of carbonyl (C=O) groups is 1. The molecule has 0 radical (unpaired) electrons. The fraction of sp³-hybridized carbons (Fsp3) is 0.214. The van der Waals surface area contributed by atoms with Gasteiger partial charge in [0.05, 0.1) is 7.11 Å². The zero-order chi connectivity index (χ0) is 14.4. The molecule has 0 saturated carbocycles. The van der Waals surface area contributed by atoms with Gasteiger partial charge in [-0.25, -0.2) is 14.8 Å². The van der Waals surface area contributed by atoms with Gasteiger partial charge in [0.25, 0.3) is 0 Å². The van der Waals surface area contributed by atoms with E-state index in [1.54, 1.807) is 7.11 Å². The number of benzene rings is 1. The predicted molar refractivity (Wildman–Crippen MR) is 74.2 cm³/mol. The molecule has 0 atom stereocenters. The van der Waals surface area contributed by atoms with Crippen LogP contribution in [0.1, 0.15) is 16.1 Å². The maximum absolute atomic E-state index is 11.0. The first kappa shape index (κ1) is 13.8. The van der Waals surface area contributed by atoms with Gasteiger partial charge in [-0.3, -0.25) is 0 Å². The number of hydrogen-bond acceptors (Lipinski definition) is 5. The Balaban J connectivity index is 1.94. The smallest absolute Gasteiger partial charge is 0.358 e. The average Bonchev–Trinajstić information content (AvgIpc) is 2.48. The van der Waals surface area contributed by atoms with Crippen LogP contribution in [0.2, 0.25) is 0 Å². The number of carboxylic acids is 1. The molecule has 104 valence electrons. The van der Waals surface area contributed by atoms with Gasteiger partial charge in [0.15, 0.2) is 11.5 Å². The molecule has 6 nitrogen and oxygen atoms in total. The highest BCUT2D eigenvalue weighted by atomic mass is 16.5. The number of aromatic nitrogens is 2. The van der Waals surface area contributed by atoms with Crippen molar-refractivity contribution in [1.29, 1.82) is 0 Å². The molecule has 2 N–H and O–H groups in total. The standard InChI is InChI=1S/C14H15N3O3/c1-20-11-4-2-10(3-5-11)6-7-16-13-12(14(18)19)15-8-9-17-13/h2-5,8-9H,6-7H2,1H3,(H,16,17)(H,18,19). The molecule has 1 aromatic heterocycles. The summed E-state index contributed by atoms with van der Waals surface area (Å²) < 4.78 is 5.09. The normalized spacial score (nSPS) is 10.1. The van der Waals surface area contributed by atoms with Gasteiger partial charge in [-0.1, -0.05) is 12.1 Å². The number of aromatic carboxylic acids is 1. The fourth-order valence-corrected chi connectivity index (χ4v) is 1.74. The van der Waals surface area contributed by atoms with Crippen LogP contribution >= 0.6 is 0 Å². The number of nitrogens with zero attached hydrogens (tertiary/aromatic N) is 2.